The summed E-state index contributed by atoms with van der Waals surface area (Å²) in [6.45, 7) is 2.95. The molecule has 14 heavy (non-hydrogen) atoms. The van der Waals surface area contributed by atoms with Crippen LogP contribution in [-0.2, 0) is 0 Å². The molecule has 0 heterocycles. The lowest BCUT2D eigenvalue weighted by molar-refractivity contribution is -0.385. The second kappa shape index (κ2) is 3.45. The molecule has 0 aliphatic carbocycles. The first-order valence-corrected chi connectivity index (χ1v) is 3.99. The summed E-state index contributed by atoms with van der Waals surface area (Å²) in [6, 6.07) is 2.65. The minimum absolute atomic E-state index is 0.0625. The number of benzene rings is 1. The number of nitro groups is 1. The van der Waals surface area contributed by atoms with E-state index in [1.54, 1.807) is 6.92 Å². The number of carbonyl (C=O) groups is 1. The molecule has 0 fully saturated rings. The zero-order valence-electron chi connectivity index (χ0n) is 7.90. The number of hydrogen-bond donors (Lipinski definition) is 1. The average molecular weight is 194 g/mol. The summed E-state index contributed by atoms with van der Waals surface area (Å²) in [5.74, 6) is -0.194. The van der Waals surface area contributed by atoms with Gasteiger partial charge in [0.1, 0.15) is 0 Å². The summed E-state index contributed by atoms with van der Waals surface area (Å²) >= 11 is 0. The molecule has 2 N–H and O–H groups in total. The maximum Gasteiger partial charge on any atom is 0.274 e. The van der Waals surface area contributed by atoms with Crippen LogP contribution in [0.15, 0.2) is 12.1 Å². The largest absolute Gasteiger partial charge is 0.398 e. The minimum Gasteiger partial charge on any atom is -0.398 e. The quantitative estimate of drug-likeness (QED) is 0.336. The van der Waals surface area contributed by atoms with E-state index in [0.717, 1.165) is 0 Å². The van der Waals surface area contributed by atoms with Gasteiger partial charge in [-0.3, -0.25) is 14.9 Å². The number of hydrogen-bond acceptors (Lipinski definition) is 4. The number of anilines is 1. The molecule has 0 bridgehead atoms. The lowest BCUT2D eigenvalue weighted by Crippen LogP contribution is -2.02. The molecule has 0 aliphatic heterocycles. The Kier molecular flexibility index (Phi) is 2.51. The van der Waals surface area contributed by atoms with E-state index >= 15 is 0 Å². The highest BCUT2D eigenvalue weighted by Crippen LogP contribution is 2.24. The zero-order chi connectivity index (χ0) is 10.9. The van der Waals surface area contributed by atoms with Gasteiger partial charge in [0, 0.05) is 22.9 Å². The lowest BCUT2D eigenvalue weighted by atomic mass is 10.0. The van der Waals surface area contributed by atoms with Gasteiger partial charge in [-0.2, -0.15) is 0 Å². The molecule has 0 aromatic heterocycles. The topological polar surface area (TPSA) is 86.2 Å². The van der Waals surface area contributed by atoms with Gasteiger partial charge in [0.05, 0.1) is 4.92 Å². The van der Waals surface area contributed by atoms with Crippen molar-refractivity contribution >= 4 is 17.2 Å². The fourth-order valence-corrected chi connectivity index (χ4v) is 1.21. The first-order valence-electron chi connectivity index (χ1n) is 3.99. The summed E-state index contributed by atoms with van der Waals surface area (Å²) in [7, 11) is 0. The predicted molar refractivity (Wildman–Crippen MR) is 52.3 cm³/mol. The molecule has 5 heteroatoms. The number of nitrogen functional groups attached to an aromatic ring is 1. The molecule has 1 rings (SSSR count). The molecule has 0 aliphatic rings. The Bertz CT molecular complexity index is 373. The van der Waals surface area contributed by atoms with Crippen molar-refractivity contribution in [2.24, 2.45) is 0 Å². The van der Waals surface area contributed by atoms with E-state index in [9.17, 15) is 14.9 Å². The van der Waals surface area contributed by atoms with Crippen molar-refractivity contribution in [2.45, 2.75) is 13.8 Å². The van der Waals surface area contributed by atoms with E-state index in [1.807, 2.05) is 0 Å². The van der Waals surface area contributed by atoms with Crippen LogP contribution in [0.1, 0.15) is 22.8 Å². The van der Waals surface area contributed by atoms with Gasteiger partial charge in [0.25, 0.3) is 5.69 Å². The van der Waals surface area contributed by atoms with Crippen LogP contribution in [0.2, 0.25) is 0 Å². The third-order valence-corrected chi connectivity index (χ3v) is 1.94. The molecule has 0 saturated carbocycles. The van der Waals surface area contributed by atoms with Gasteiger partial charge in [-0.05, 0) is 19.9 Å². The highest BCUT2D eigenvalue weighted by molar-refractivity contribution is 5.99. The molecule has 0 saturated heterocycles. The maximum atomic E-state index is 11.0. The summed E-state index contributed by atoms with van der Waals surface area (Å²) in [5.41, 5.74) is 6.36. The van der Waals surface area contributed by atoms with Gasteiger partial charge < -0.3 is 5.73 Å². The second-order valence-electron chi connectivity index (χ2n) is 3.04. The van der Waals surface area contributed by atoms with Crippen molar-refractivity contribution in [1.29, 1.82) is 0 Å². The number of rotatable bonds is 2. The van der Waals surface area contributed by atoms with Crippen molar-refractivity contribution in [3.05, 3.63) is 33.4 Å². The third-order valence-electron chi connectivity index (χ3n) is 1.94. The van der Waals surface area contributed by atoms with Crippen LogP contribution in [0.5, 0.6) is 0 Å². The molecule has 5 nitrogen and oxygen atoms in total. The SMILES string of the molecule is CC(=O)c1cc(C)c([N+](=O)[O-])cc1N. The van der Waals surface area contributed by atoms with E-state index in [4.69, 9.17) is 5.73 Å². The molecule has 0 radical (unpaired) electrons. The number of carbonyl (C=O) groups excluding carboxylic acids is 1. The van der Waals surface area contributed by atoms with Gasteiger partial charge in [0.15, 0.2) is 5.78 Å². The van der Waals surface area contributed by atoms with E-state index < -0.39 is 4.92 Å². The van der Waals surface area contributed by atoms with Crippen LogP contribution < -0.4 is 5.73 Å². The predicted octanol–water partition coefficient (Wildman–Crippen LogP) is 1.69. The van der Waals surface area contributed by atoms with Crippen LogP contribution in [0.3, 0.4) is 0 Å². The molecular weight excluding hydrogens is 184 g/mol. The number of ketones is 1. The van der Waals surface area contributed by atoms with Crippen molar-refractivity contribution in [3.63, 3.8) is 0 Å². The Morgan fingerprint density at radius 2 is 2.07 bits per heavy atom. The molecule has 0 amide bonds. The molecule has 1 aromatic carbocycles. The highest BCUT2D eigenvalue weighted by Gasteiger charge is 2.15. The van der Waals surface area contributed by atoms with Gasteiger partial charge in [-0.1, -0.05) is 0 Å². The van der Waals surface area contributed by atoms with Gasteiger partial charge in [-0.15, -0.1) is 0 Å². The van der Waals surface area contributed by atoms with Crippen molar-refractivity contribution in [3.8, 4) is 0 Å². The lowest BCUT2D eigenvalue weighted by Gasteiger charge is -2.03. The summed E-state index contributed by atoms with van der Waals surface area (Å²) < 4.78 is 0. The van der Waals surface area contributed by atoms with Gasteiger partial charge >= 0.3 is 0 Å². The van der Waals surface area contributed by atoms with E-state index in [-0.39, 0.29) is 17.2 Å². The molecular formula is C9H10N2O3. The summed E-state index contributed by atoms with van der Waals surface area (Å²) in [6.07, 6.45) is 0. The molecule has 1 aromatic rings. The van der Waals surface area contributed by atoms with Crippen LogP contribution >= 0.6 is 0 Å². The van der Waals surface area contributed by atoms with Crippen LogP contribution in [0.25, 0.3) is 0 Å². The van der Waals surface area contributed by atoms with Crippen LogP contribution in [-0.4, -0.2) is 10.7 Å². The Morgan fingerprint density at radius 1 is 1.50 bits per heavy atom. The summed E-state index contributed by atoms with van der Waals surface area (Å²) in [5, 5.41) is 10.5. The van der Waals surface area contributed by atoms with E-state index in [0.29, 0.717) is 11.1 Å². The molecule has 0 atom stereocenters. The first-order chi connectivity index (χ1) is 6.43. The number of nitro benzene ring substituents is 1. The normalized spacial score (nSPS) is 9.86. The Labute approximate surface area is 80.7 Å². The number of Topliss-reactive ketones (excluding diaryl/α,β-unsaturated/α-hetero) is 1. The maximum absolute atomic E-state index is 11.0. The number of nitrogens with zero attached hydrogens (tertiary/aromatic N) is 1. The van der Waals surface area contributed by atoms with Crippen molar-refractivity contribution in [1.82, 2.24) is 0 Å². The fraction of sp³-hybridized carbons (Fsp3) is 0.222. The number of aryl methyl sites for hydroxylation is 1. The van der Waals surface area contributed by atoms with Gasteiger partial charge in [0.2, 0.25) is 0 Å². The Hall–Kier alpha value is -1.91. The average Bonchev–Trinajstić information content (AvgIpc) is 2.07. The van der Waals surface area contributed by atoms with Crippen LogP contribution in [0, 0.1) is 17.0 Å². The Balaban J connectivity index is 3.38. The molecule has 0 unspecified atom stereocenters. The highest BCUT2D eigenvalue weighted by atomic mass is 16.6. The zero-order valence-corrected chi connectivity index (χ0v) is 7.90. The van der Waals surface area contributed by atoms with Crippen molar-refractivity contribution in [2.75, 3.05) is 5.73 Å². The Morgan fingerprint density at radius 3 is 2.50 bits per heavy atom. The smallest absolute Gasteiger partial charge is 0.274 e. The molecule has 74 valence electrons. The van der Waals surface area contributed by atoms with E-state index in [1.165, 1.54) is 19.1 Å². The monoisotopic (exact) mass is 194 g/mol. The number of nitrogens with two attached hydrogens (primary N) is 1. The van der Waals surface area contributed by atoms with Gasteiger partial charge in [-0.25, -0.2) is 0 Å². The standard InChI is InChI=1S/C9H10N2O3/c1-5-3-7(6(2)12)8(10)4-9(5)11(13)14/h3-4H,10H2,1-2H3. The van der Waals surface area contributed by atoms with Crippen molar-refractivity contribution < 1.29 is 9.72 Å². The first kappa shape index (κ1) is 10.2. The molecule has 0 spiro atoms. The van der Waals surface area contributed by atoms with Crippen LogP contribution in [0.4, 0.5) is 11.4 Å². The third kappa shape index (κ3) is 1.71. The van der Waals surface area contributed by atoms with E-state index in [2.05, 4.69) is 0 Å². The second-order valence-corrected chi connectivity index (χ2v) is 3.04. The minimum atomic E-state index is -0.518. The fourth-order valence-electron chi connectivity index (χ4n) is 1.21. The summed E-state index contributed by atoms with van der Waals surface area (Å²) in [4.78, 5) is 21.1.